The maximum absolute atomic E-state index is 12.3. The van der Waals surface area contributed by atoms with Gasteiger partial charge in [-0.05, 0) is 18.8 Å². The third kappa shape index (κ3) is 1.35. The molecule has 0 amide bonds. The van der Waals surface area contributed by atoms with Gasteiger partial charge >= 0.3 is 5.97 Å². The zero-order valence-electron chi connectivity index (χ0n) is 6.47. The smallest absolute Gasteiger partial charge is 0.328 e. The van der Waals surface area contributed by atoms with Crippen LogP contribution < -0.4 is 5.73 Å². The number of methoxy groups -OCH3 is 1. The van der Waals surface area contributed by atoms with Gasteiger partial charge in [-0.25, -0.2) is 9.18 Å². The van der Waals surface area contributed by atoms with Crippen LogP contribution in [0.4, 0.5) is 4.39 Å². The van der Waals surface area contributed by atoms with Gasteiger partial charge in [0.05, 0.1) is 7.11 Å². The Kier molecular flexibility index (Phi) is 2.13. The molecule has 1 fully saturated rings. The number of carbonyl (C=O) groups is 1. The Bertz CT molecular complexity index is 170. The van der Waals surface area contributed by atoms with E-state index in [-0.39, 0.29) is 5.92 Å². The van der Waals surface area contributed by atoms with Crippen LogP contribution in [0.1, 0.15) is 12.8 Å². The van der Waals surface area contributed by atoms with Crippen molar-refractivity contribution in [2.24, 2.45) is 11.7 Å². The first-order chi connectivity index (χ1) is 5.15. The van der Waals surface area contributed by atoms with Gasteiger partial charge < -0.3 is 10.5 Å². The minimum Gasteiger partial charge on any atom is -0.468 e. The molecule has 0 heterocycles. The van der Waals surface area contributed by atoms with E-state index >= 15 is 0 Å². The molecule has 1 unspecified atom stereocenters. The fraction of sp³-hybridized carbons (Fsp3) is 0.857. The molecule has 2 N–H and O–H groups in total. The number of carbonyl (C=O) groups excluding carboxylic acids is 1. The summed E-state index contributed by atoms with van der Waals surface area (Å²) in [5.41, 5.74) is 4.14. The average Bonchev–Trinajstić information content (AvgIpc) is 2.84. The first-order valence-electron chi connectivity index (χ1n) is 3.58. The third-order valence-electron chi connectivity index (χ3n) is 2.09. The Labute approximate surface area is 64.7 Å². The first-order valence-corrected chi connectivity index (χ1v) is 3.58. The minimum atomic E-state index is -1.37. The van der Waals surface area contributed by atoms with Gasteiger partial charge in [-0.1, -0.05) is 0 Å². The average molecular weight is 161 g/mol. The lowest BCUT2D eigenvalue weighted by Gasteiger charge is -2.21. The van der Waals surface area contributed by atoms with Crippen LogP contribution in [0.25, 0.3) is 0 Å². The van der Waals surface area contributed by atoms with Crippen molar-refractivity contribution in [1.82, 2.24) is 0 Å². The second-order valence-electron chi connectivity index (χ2n) is 2.94. The molecular formula is C7H12FNO2. The lowest BCUT2D eigenvalue weighted by Crippen LogP contribution is -2.52. The van der Waals surface area contributed by atoms with Crippen molar-refractivity contribution in [3.8, 4) is 0 Å². The summed E-state index contributed by atoms with van der Waals surface area (Å²) in [5.74, 6) is -0.651. The van der Waals surface area contributed by atoms with Crippen molar-refractivity contribution in [2.45, 2.75) is 18.4 Å². The molecule has 0 aromatic carbocycles. The molecule has 0 aromatic heterocycles. The van der Waals surface area contributed by atoms with Gasteiger partial charge in [0.2, 0.25) is 0 Å². The van der Waals surface area contributed by atoms with Crippen molar-refractivity contribution in [1.29, 1.82) is 0 Å². The highest BCUT2D eigenvalue weighted by atomic mass is 19.1. The Morgan fingerprint density at radius 2 is 2.36 bits per heavy atom. The summed E-state index contributed by atoms with van der Waals surface area (Å²) in [6.45, 7) is -0.829. The molecule has 1 rings (SSSR count). The number of esters is 1. The van der Waals surface area contributed by atoms with Gasteiger partial charge in [-0.2, -0.15) is 0 Å². The molecule has 0 aliphatic heterocycles. The van der Waals surface area contributed by atoms with Crippen LogP contribution in [0.2, 0.25) is 0 Å². The number of alkyl halides is 1. The molecule has 0 spiro atoms. The highest BCUT2D eigenvalue weighted by Gasteiger charge is 2.49. The van der Waals surface area contributed by atoms with E-state index in [1.54, 1.807) is 0 Å². The summed E-state index contributed by atoms with van der Waals surface area (Å²) >= 11 is 0. The zero-order chi connectivity index (χ0) is 8.48. The topological polar surface area (TPSA) is 52.3 Å². The molecule has 1 saturated carbocycles. The van der Waals surface area contributed by atoms with Crippen molar-refractivity contribution in [3.05, 3.63) is 0 Å². The van der Waals surface area contributed by atoms with Gasteiger partial charge in [-0.3, -0.25) is 0 Å². The molecule has 1 aliphatic rings. The SMILES string of the molecule is COC(=O)C(N)(CF)C1CC1. The molecule has 64 valence electrons. The molecular weight excluding hydrogens is 149 g/mol. The molecule has 1 atom stereocenters. The van der Waals surface area contributed by atoms with Gasteiger partial charge in [-0.15, -0.1) is 0 Å². The number of halogens is 1. The van der Waals surface area contributed by atoms with Crippen LogP contribution in [0.3, 0.4) is 0 Å². The number of hydrogen-bond acceptors (Lipinski definition) is 3. The van der Waals surface area contributed by atoms with Crippen LogP contribution >= 0.6 is 0 Å². The van der Waals surface area contributed by atoms with Crippen molar-refractivity contribution < 1.29 is 13.9 Å². The van der Waals surface area contributed by atoms with Gasteiger partial charge in [0.25, 0.3) is 0 Å². The van der Waals surface area contributed by atoms with Gasteiger partial charge in [0, 0.05) is 0 Å². The number of nitrogens with two attached hydrogens (primary N) is 1. The normalized spacial score (nSPS) is 22.5. The van der Waals surface area contributed by atoms with Crippen LogP contribution in [0.5, 0.6) is 0 Å². The molecule has 0 bridgehead atoms. The quantitative estimate of drug-likeness (QED) is 0.603. The highest BCUT2D eigenvalue weighted by molar-refractivity contribution is 5.81. The summed E-state index contributed by atoms with van der Waals surface area (Å²) in [6, 6.07) is 0. The molecule has 11 heavy (non-hydrogen) atoms. The minimum absolute atomic E-state index is 0.0139. The van der Waals surface area contributed by atoms with Crippen LogP contribution in [0.15, 0.2) is 0 Å². The van der Waals surface area contributed by atoms with E-state index in [0.29, 0.717) is 0 Å². The van der Waals surface area contributed by atoms with Gasteiger partial charge in [0.1, 0.15) is 12.2 Å². The van der Waals surface area contributed by atoms with E-state index < -0.39 is 18.2 Å². The molecule has 4 heteroatoms. The zero-order valence-corrected chi connectivity index (χ0v) is 6.47. The summed E-state index contributed by atoms with van der Waals surface area (Å²) in [5, 5.41) is 0. The van der Waals surface area contributed by atoms with Crippen molar-refractivity contribution >= 4 is 5.97 Å². The lowest BCUT2D eigenvalue weighted by atomic mass is 9.97. The second-order valence-corrected chi connectivity index (χ2v) is 2.94. The molecule has 3 nitrogen and oxygen atoms in total. The maximum atomic E-state index is 12.3. The summed E-state index contributed by atoms with van der Waals surface area (Å²) < 4.78 is 16.7. The maximum Gasteiger partial charge on any atom is 0.328 e. The van der Waals surface area contributed by atoms with E-state index in [4.69, 9.17) is 5.73 Å². The fourth-order valence-corrected chi connectivity index (χ4v) is 1.12. The molecule has 0 aromatic rings. The standard InChI is InChI=1S/C7H12FNO2/c1-11-6(10)7(9,4-8)5-2-3-5/h5H,2-4,9H2,1H3. The van der Waals surface area contributed by atoms with Gasteiger partial charge in [0.15, 0.2) is 0 Å². The van der Waals surface area contributed by atoms with E-state index in [0.717, 1.165) is 12.8 Å². The van der Waals surface area contributed by atoms with E-state index in [1.807, 2.05) is 0 Å². The summed E-state index contributed by atoms with van der Waals surface area (Å²) in [6.07, 6.45) is 1.66. The van der Waals surface area contributed by atoms with Crippen LogP contribution in [-0.4, -0.2) is 25.3 Å². The van der Waals surface area contributed by atoms with E-state index in [9.17, 15) is 9.18 Å². The Morgan fingerprint density at radius 3 is 2.64 bits per heavy atom. The molecule has 1 aliphatic carbocycles. The fourth-order valence-electron chi connectivity index (χ4n) is 1.12. The van der Waals surface area contributed by atoms with E-state index in [2.05, 4.69) is 4.74 Å². The lowest BCUT2D eigenvalue weighted by molar-refractivity contribution is -0.148. The van der Waals surface area contributed by atoms with Crippen LogP contribution in [0, 0.1) is 5.92 Å². The largest absolute Gasteiger partial charge is 0.468 e. The summed E-state index contributed by atoms with van der Waals surface area (Å²) in [7, 11) is 1.22. The second kappa shape index (κ2) is 2.77. The van der Waals surface area contributed by atoms with Crippen molar-refractivity contribution in [3.63, 3.8) is 0 Å². The van der Waals surface area contributed by atoms with Crippen molar-refractivity contribution in [2.75, 3.05) is 13.8 Å². The molecule has 0 radical (unpaired) electrons. The Balaban J connectivity index is 2.64. The predicted octanol–water partition coefficient (Wildman–Crippen LogP) is 0.236. The number of ether oxygens (including phenoxy) is 1. The summed E-state index contributed by atoms with van der Waals surface area (Å²) in [4.78, 5) is 11.0. The first kappa shape index (κ1) is 8.46. The number of hydrogen-bond donors (Lipinski definition) is 1. The Hall–Kier alpha value is -0.640. The third-order valence-corrected chi connectivity index (χ3v) is 2.09. The highest BCUT2D eigenvalue weighted by Crippen LogP contribution is 2.39. The van der Waals surface area contributed by atoms with Crippen LogP contribution in [-0.2, 0) is 9.53 Å². The number of rotatable bonds is 3. The molecule has 0 saturated heterocycles. The monoisotopic (exact) mass is 161 g/mol. The Morgan fingerprint density at radius 1 is 1.82 bits per heavy atom. The van der Waals surface area contributed by atoms with E-state index in [1.165, 1.54) is 7.11 Å². The predicted molar refractivity (Wildman–Crippen MR) is 37.6 cm³/mol.